The number of hydrogen-bond donors (Lipinski definition) is 1. The fourth-order valence-corrected chi connectivity index (χ4v) is 5.05. The van der Waals surface area contributed by atoms with Crippen molar-refractivity contribution in [1.29, 1.82) is 0 Å². The van der Waals surface area contributed by atoms with Crippen LogP contribution in [0.1, 0.15) is 23.2 Å². The van der Waals surface area contributed by atoms with Crippen LogP contribution >= 0.6 is 0 Å². The van der Waals surface area contributed by atoms with Crippen LogP contribution in [0.25, 0.3) is 16.9 Å². The molecule has 0 spiro atoms. The molecule has 0 atom stereocenters. The van der Waals surface area contributed by atoms with Gasteiger partial charge in [-0.05, 0) is 30.7 Å². The molecule has 2 aromatic carbocycles. The number of carbonyl (C=O) groups is 1. The number of fused-ring (bicyclic) bond motifs is 1. The van der Waals surface area contributed by atoms with Gasteiger partial charge in [-0.25, -0.2) is 9.50 Å². The van der Waals surface area contributed by atoms with Gasteiger partial charge in [0.1, 0.15) is 11.4 Å². The molecule has 10 heteroatoms. The molecular weight excluding hydrogens is 452 g/mol. The predicted molar refractivity (Wildman–Crippen MR) is 129 cm³/mol. The van der Waals surface area contributed by atoms with Crippen molar-refractivity contribution < 1.29 is 13.2 Å². The van der Waals surface area contributed by atoms with Gasteiger partial charge >= 0.3 is 0 Å². The molecule has 1 aliphatic heterocycles. The largest absolute Gasteiger partial charge is 0.362 e. The first kappa shape index (κ1) is 21.8. The van der Waals surface area contributed by atoms with Gasteiger partial charge in [0.25, 0.3) is 15.9 Å². The van der Waals surface area contributed by atoms with Crippen molar-refractivity contribution in [3.63, 3.8) is 0 Å². The summed E-state index contributed by atoms with van der Waals surface area (Å²) in [5.74, 6) is 0.102. The minimum atomic E-state index is -3.89. The number of hydrogen-bond acceptors (Lipinski definition) is 5. The molecule has 0 radical (unpaired) electrons. The molecule has 0 bridgehead atoms. The summed E-state index contributed by atoms with van der Waals surface area (Å²) < 4.78 is 31.2. The summed E-state index contributed by atoms with van der Waals surface area (Å²) in [5.41, 5.74) is 2.76. The van der Waals surface area contributed by atoms with Crippen LogP contribution in [-0.4, -0.2) is 53.3 Å². The monoisotopic (exact) mass is 474 g/mol. The highest BCUT2D eigenvalue weighted by atomic mass is 32.2. The first-order valence-electron chi connectivity index (χ1n) is 10.8. The maximum atomic E-state index is 13.0. The van der Waals surface area contributed by atoms with E-state index in [0.29, 0.717) is 23.6 Å². The summed E-state index contributed by atoms with van der Waals surface area (Å²) in [6, 6.07) is 17.6. The summed E-state index contributed by atoms with van der Waals surface area (Å²) in [7, 11) is -2.07. The Hall–Kier alpha value is -4.05. The standard InChI is InChI=1S/C24H22N6O3S/c1-29-14-6-11-22(29)28-34(32,33)19-10-5-9-18(15-19)27-24(31)20-16-26-30-21(12-13-25-23(20)30)17-7-3-2-4-8-17/h2-5,7-10,12-13,15-16H,6,11,14H2,1H3,(H,27,31). The Labute approximate surface area is 196 Å². The number of rotatable bonds is 5. The molecule has 1 amide bonds. The second-order valence-electron chi connectivity index (χ2n) is 7.98. The lowest BCUT2D eigenvalue weighted by Crippen LogP contribution is -2.20. The van der Waals surface area contributed by atoms with E-state index in [1.165, 1.54) is 18.3 Å². The van der Waals surface area contributed by atoms with Crippen molar-refractivity contribution in [3.8, 4) is 11.3 Å². The number of nitrogens with one attached hydrogen (secondary N) is 1. The highest BCUT2D eigenvalue weighted by Crippen LogP contribution is 2.23. The molecule has 4 aromatic rings. The highest BCUT2D eigenvalue weighted by molar-refractivity contribution is 7.90. The minimum absolute atomic E-state index is 0.0162. The van der Waals surface area contributed by atoms with Gasteiger partial charge in [0.15, 0.2) is 5.65 Å². The second-order valence-corrected chi connectivity index (χ2v) is 9.58. The van der Waals surface area contributed by atoms with E-state index in [9.17, 15) is 13.2 Å². The van der Waals surface area contributed by atoms with E-state index >= 15 is 0 Å². The molecule has 1 N–H and O–H groups in total. The molecular formula is C24H22N6O3S. The first-order valence-corrected chi connectivity index (χ1v) is 12.2. The molecule has 5 rings (SSSR count). The minimum Gasteiger partial charge on any atom is -0.362 e. The number of amidine groups is 1. The number of benzene rings is 2. The maximum Gasteiger partial charge on any atom is 0.284 e. The third-order valence-corrected chi connectivity index (χ3v) is 6.97. The Morgan fingerprint density at radius 3 is 2.68 bits per heavy atom. The molecule has 3 heterocycles. The molecule has 0 aliphatic carbocycles. The van der Waals surface area contributed by atoms with Crippen LogP contribution in [0, 0.1) is 0 Å². The summed E-state index contributed by atoms with van der Waals surface area (Å²) in [6.45, 7) is 0.782. The van der Waals surface area contributed by atoms with E-state index in [1.807, 2.05) is 48.3 Å². The number of carbonyl (C=O) groups excluding carboxylic acids is 1. The maximum absolute atomic E-state index is 13.0. The summed E-state index contributed by atoms with van der Waals surface area (Å²) in [6.07, 6.45) is 4.58. The molecule has 0 saturated carbocycles. The highest BCUT2D eigenvalue weighted by Gasteiger charge is 2.21. The molecule has 1 fully saturated rings. The van der Waals surface area contributed by atoms with E-state index in [4.69, 9.17) is 0 Å². The van der Waals surface area contributed by atoms with Gasteiger partial charge in [0.05, 0.1) is 16.8 Å². The quantitative estimate of drug-likeness (QED) is 0.474. The van der Waals surface area contributed by atoms with Crippen LogP contribution in [0.3, 0.4) is 0 Å². The predicted octanol–water partition coefficient (Wildman–Crippen LogP) is 3.46. The van der Waals surface area contributed by atoms with Crippen molar-refractivity contribution in [1.82, 2.24) is 19.5 Å². The van der Waals surface area contributed by atoms with Gasteiger partial charge < -0.3 is 10.2 Å². The summed E-state index contributed by atoms with van der Waals surface area (Å²) in [5, 5.41) is 7.11. The number of sulfonamides is 1. The third-order valence-electron chi connectivity index (χ3n) is 5.67. The second kappa shape index (κ2) is 8.71. The smallest absolute Gasteiger partial charge is 0.284 e. The lowest BCUT2D eigenvalue weighted by Gasteiger charge is -2.11. The van der Waals surface area contributed by atoms with E-state index in [1.54, 1.807) is 22.8 Å². The SMILES string of the molecule is CN1CCCC1=NS(=O)(=O)c1cccc(NC(=O)c2cnn3c(-c4ccccc4)ccnc23)c1. The van der Waals surface area contributed by atoms with Crippen LogP contribution in [0.15, 0.2) is 82.4 Å². The topological polar surface area (TPSA) is 109 Å². The van der Waals surface area contributed by atoms with Crippen molar-refractivity contribution in [2.75, 3.05) is 18.9 Å². The third kappa shape index (κ3) is 4.15. The zero-order chi connectivity index (χ0) is 23.7. The zero-order valence-corrected chi connectivity index (χ0v) is 19.2. The fourth-order valence-electron chi connectivity index (χ4n) is 3.91. The fraction of sp³-hybridized carbons (Fsp3) is 0.167. The lowest BCUT2D eigenvalue weighted by molar-refractivity contribution is 0.102. The van der Waals surface area contributed by atoms with Crippen molar-refractivity contribution in [2.45, 2.75) is 17.7 Å². The lowest BCUT2D eigenvalue weighted by atomic mass is 10.1. The average molecular weight is 475 g/mol. The molecule has 172 valence electrons. The number of amides is 1. The van der Waals surface area contributed by atoms with Gasteiger partial charge in [0.2, 0.25) is 0 Å². The number of nitrogens with zero attached hydrogens (tertiary/aromatic N) is 5. The van der Waals surface area contributed by atoms with E-state index in [-0.39, 0.29) is 10.5 Å². The molecule has 1 saturated heterocycles. The van der Waals surface area contributed by atoms with Crippen molar-refractivity contribution >= 4 is 33.1 Å². The van der Waals surface area contributed by atoms with E-state index in [0.717, 1.165) is 24.2 Å². The van der Waals surface area contributed by atoms with Crippen molar-refractivity contribution in [2.24, 2.45) is 4.40 Å². The summed E-state index contributed by atoms with van der Waals surface area (Å²) >= 11 is 0. The van der Waals surface area contributed by atoms with Crippen LogP contribution in [0.4, 0.5) is 5.69 Å². The molecule has 1 aliphatic rings. The Morgan fingerprint density at radius 2 is 1.91 bits per heavy atom. The molecule has 9 nitrogen and oxygen atoms in total. The van der Waals surface area contributed by atoms with Gasteiger partial charge in [-0.15, -0.1) is 4.40 Å². The zero-order valence-electron chi connectivity index (χ0n) is 18.4. The molecule has 0 unspecified atom stereocenters. The van der Waals surface area contributed by atoms with Gasteiger partial charge in [-0.3, -0.25) is 4.79 Å². The van der Waals surface area contributed by atoms with Crippen molar-refractivity contribution in [3.05, 3.63) is 78.6 Å². The number of likely N-dealkylation sites (tertiary alicyclic amines) is 1. The van der Waals surface area contributed by atoms with Crippen LogP contribution in [-0.2, 0) is 10.0 Å². The van der Waals surface area contributed by atoms with Gasteiger partial charge in [0, 0.05) is 37.5 Å². The average Bonchev–Trinajstić information content (AvgIpc) is 3.45. The van der Waals surface area contributed by atoms with Crippen LogP contribution in [0.5, 0.6) is 0 Å². The Morgan fingerprint density at radius 1 is 1.09 bits per heavy atom. The van der Waals surface area contributed by atoms with Gasteiger partial charge in [-0.1, -0.05) is 36.4 Å². The summed E-state index contributed by atoms with van der Waals surface area (Å²) in [4.78, 5) is 19.2. The molecule has 34 heavy (non-hydrogen) atoms. The van der Waals surface area contributed by atoms with Gasteiger partial charge in [-0.2, -0.15) is 13.5 Å². The Kier molecular flexibility index (Phi) is 5.58. The first-order chi connectivity index (χ1) is 16.4. The van der Waals surface area contributed by atoms with E-state index in [2.05, 4.69) is 19.8 Å². The van der Waals surface area contributed by atoms with Crippen LogP contribution < -0.4 is 5.32 Å². The Bertz CT molecular complexity index is 1510. The number of aromatic nitrogens is 3. The number of anilines is 1. The van der Waals surface area contributed by atoms with Crippen LogP contribution in [0.2, 0.25) is 0 Å². The molecule has 2 aromatic heterocycles. The van der Waals surface area contributed by atoms with E-state index < -0.39 is 15.9 Å². The Balaban J connectivity index is 1.42. The normalized spacial score (nSPS) is 15.2.